The summed E-state index contributed by atoms with van der Waals surface area (Å²) in [5, 5.41) is 12.3. The minimum absolute atomic E-state index is 0.0198. The van der Waals surface area contributed by atoms with Crippen LogP contribution >= 0.6 is 0 Å². The molecule has 0 bridgehead atoms. The fraction of sp³-hybridized carbons (Fsp3) is 0.792. The van der Waals surface area contributed by atoms with E-state index in [2.05, 4.69) is 19.2 Å². The van der Waals surface area contributed by atoms with Gasteiger partial charge in [-0.2, -0.15) is 0 Å². The van der Waals surface area contributed by atoms with Crippen LogP contribution in [0.5, 0.6) is 0 Å². The topological polar surface area (TPSA) is 86.7 Å². The molecule has 0 aromatic carbocycles. The van der Waals surface area contributed by atoms with Gasteiger partial charge < -0.3 is 15.3 Å². The first-order chi connectivity index (χ1) is 13.5. The smallest absolute Gasteiger partial charge is 0.331 e. The molecule has 0 saturated heterocycles. The van der Waals surface area contributed by atoms with Crippen molar-refractivity contribution in [2.75, 3.05) is 7.05 Å². The van der Waals surface area contributed by atoms with Crippen LogP contribution in [0.2, 0.25) is 0 Å². The van der Waals surface area contributed by atoms with E-state index in [1.165, 1.54) is 6.92 Å². The highest BCUT2D eigenvalue weighted by molar-refractivity contribution is 5.91. The molecule has 0 aromatic rings. The second-order valence-corrected chi connectivity index (χ2v) is 10.6. The van der Waals surface area contributed by atoms with Crippen LogP contribution in [-0.2, 0) is 14.4 Å². The summed E-state index contributed by atoms with van der Waals surface area (Å²) < 4.78 is 0. The monoisotopic (exact) mass is 424 g/mol. The van der Waals surface area contributed by atoms with Crippen LogP contribution in [0.25, 0.3) is 0 Å². The number of hydrogen-bond donors (Lipinski definition) is 2. The molecule has 0 fully saturated rings. The van der Waals surface area contributed by atoms with Gasteiger partial charge in [0.2, 0.25) is 11.8 Å². The summed E-state index contributed by atoms with van der Waals surface area (Å²) in [6.45, 7) is 19.3. The number of nitrogens with zero attached hydrogens (tertiary/aromatic N) is 1. The van der Waals surface area contributed by atoms with Crippen LogP contribution < -0.4 is 5.32 Å². The molecule has 0 aliphatic carbocycles. The molecule has 30 heavy (non-hydrogen) atoms. The molecule has 6 heteroatoms. The van der Waals surface area contributed by atoms with Gasteiger partial charge in [-0.15, -0.1) is 0 Å². The molecule has 0 rings (SSSR count). The molecule has 174 valence electrons. The van der Waals surface area contributed by atoms with Crippen molar-refractivity contribution in [1.82, 2.24) is 10.2 Å². The second kappa shape index (κ2) is 11.0. The summed E-state index contributed by atoms with van der Waals surface area (Å²) in [5.74, 6) is -0.951. The Morgan fingerprint density at radius 2 is 1.57 bits per heavy atom. The van der Waals surface area contributed by atoms with E-state index >= 15 is 0 Å². The van der Waals surface area contributed by atoms with E-state index in [0.717, 1.165) is 6.42 Å². The van der Waals surface area contributed by atoms with Crippen molar-refractivity contribution >= 4 is 17.8 Å². The largest absolute Gasteiger partial charge is 0.478 e. The Morgan fingerprint density at radius 1 is 1.07 bits per heavy atom. The highest BCUT2D eigenvalue weighted by Crippen LogP contribution is 2.32. The van der Waals surface area contributed by atoms with E-state index in [-0.39, 0.29) is 29.3 Å². The molecule has 3 atom stereocenters. The maximum absolute atomic E-state index is 13.5. The maximum atomic E-state index is 13.5. The van der Waals surface area contributed by atoms with Gasteiger partial charge in [-0.3, -0.25) is 9.59 Å². The lowest BCUT2D eigenvalue weighted by molar-refractivity contribution is -0.143. The third-order valence-electron chi connectivity index (χ3n) is 5.81. The number of nitrogens with one attached hydrogen (secondary N) is 1. The van der Waals surface area contributed by atoms with Gasteiger partial charge in [-0.25, -0.2) is 4.79 Å². The average Bonchev–Trinajstić information content (AvgIpc) is 2.60. The molecule has 2 N–H and O–H groups in total. The summed E-state index contributed by atoms with van der Waals surface area (Å²) in [6, 6.07) is -1.10. The summed E-state index contributed by atoms with van der Waals surface area (Å²) >= 11 is 0. The number of carbonyl (C=O) groups excluding carboxylic acids is 2. The van der Waals surface area contributed by atoms with Crippen LogP contribution in [0.1, 0.15) is 82.1 Å². The van der Waals surface area contributed by atoms with Crippen LogP contribution in [0.4, 0.5) is 0 Å². The average molecular weight is 425 g/mol. The van der Waals surface area contributed by atoms with E-state index in [0.29, 0.717) is 12.3 Å². The quantitative estimate of drug-likeness (QED) is 0.506. The fourth-order valence-electron chi connectivity index (χ4n) is 3.68. The van der Waals surface area contributed by atoms with Crippen LogP contribution in [0, 0.1) is 22.7 Å². The number of amides is 2. The number of aliphatic carboxylic acids is 1. The normalized spacial score (nSPS) is 16.8. The van der Waals surface area contributed by atoms with E-state index in [9.17, 15) is 19.5 Å². The Balaban J connectivity index is 5.93. The lowest BCUT2D eigenvalue weighted by Gasteiger charge is -2.39. The van der Waals surface area contributed by atoms with Crippen LogP contribution in [-0.4, -0.2) is 46.9 Å². The van der Waals surface area contributed by atoms with E-state index in [4.69, 9.17) is 0 Å². The Morgan fingerprint density at radius 3 is 1.90 bits per heavy atom. The third kappa shape index (κ3) is 7.77. The number of hydrogen-bond acceptors (Lipinski definition) is 3. The van der Waals surface area contributed by atoms with Gasteiger partial charge in [-0.1, -0.05) is 68.4 Å². The first-order valence-corrected chi connectivity index (χ1v) is 11.0. The van der Waals surface area contributed by atoms with Crippen molar-refractivity contribution in [1.29, 1.82) is 0 Å². The first-order valence-electron chi connectivity index (χ1n) is 11.0. The number of carbonyl (C=O) groups is 3. The molecule has 0 aliphatic heterocycles. The predicted octanol–water partition coefficient (Wildman–Crippen LogP) is 4.49. The number of likely N-dealkylation sites (N-methyl/N-ethyl adjacent to an activating group) is 1. The summed E-state index contributed by atoms with van der Waals surface area (Å²) in [6.07, 6.45) is 3.04. The number of rotatable bonds is 10. The van der Waals surface area contributed by atoms with Crippen LogP contribution in [0.15, 0.2) is 11.6 Å². The second-order valence-electron chi connectivity index (χ2n) is 10.6. The summed E-state index contributed by atoms with van der Waals surface area (Å²) in [7, 11) is 1.68. The highest BCUT2D eigenvalue weighted by Gasteiger charge is 2.40. The SMILES string of the molecule is CCC(C)(CC(C)C)C(=O)N[C@H](C(=O)N(C)[C@H](/C=C(\C)C(=O)O)C(C)C)C(C)(C)C. The lowest BCUT2D eigenvalue weighted by atomic mass is 9.77. The highest BCUT2D eigenvalue weighted by atomic mass is 16.4. The molecule has 0 heterocycles. The van der Waals surface area contributed by atoms with Crippen molar-refractivity contribution in [2.45, 2.75) is 94.2 Å². The van der Waals surface area contributed by atoms with Gasteiger partial charge in [-0.05, 0) is 37.0 Å². The molecule has 0 aliphatic rings. The molecule has 0 aromatic heterocycles. The zero-order chi connectivity index (χ0) is 24.0. The molecule has 0 spiro atoms. The Hall–Kier alpha value is -1.85. The Kier molecular flexibility index (Phi) is 10.3. The third-order valence-corrected chi connectivity index (χ3v) is 5.81. The molecule has 0 radical (unpaired) electrons. The molecular formula is C24H44N2O4. The predicted molar refractivity (Wildman–Crippen MR) is 122 cm³/mol. The molecule has 6 nitrogen and oxygen atoms in total. The summed E-state index contributed by atoms with van der Waals surface area (Å²) in [4.78, 5) is 39.6. The standard InChI is InChI=1S/C24H44N2O4/c1-12-24(10,14-15(2)3)22(30)25-19(23(7,8)9)20(27)26(11)18(16(4)5)13-17(6)21(28)29/h13,15-16,18-19H,12,14H2,1-11H3,(H,25,30)(H,28,29)/b17-13+/t18-,19-,24?/m1/s1. The van der Waals surface area contributed by atoms with E-state index in [1.807, 2.05) is 48.5 Å². The van der Waals surface area contributed by atoms with Crippen LogP contribution in [0.3, 0.4) is 0 Å². The molecular weight excluding hydrogens is 380 g/mol. The van der Waals surface area contributed by atoms with Crippen molar-refractivity contribution in [2.24, 2.45) is 22.7 Å². The van der Waals surface area contributed by atoms with Gasteiger partial charge in [0.05, 0.1) is 6.04 Å². The minimum atomic E-state index is -1.01. The molecule has 1 unspecified atom stereocenters. The first kappa shape index (κ1) is 28.1. The maximum Gasteiger partial charge on any atom is 0.331 e. The van der Waals surface area contributed by atoms with Gasteiger partial charge in [0.15, 0.2) is 0 Å². The van der Waals surface area contributed by atoms with Crippen molar-refractivity contribution < 1.29 is 19.5 Å². The summed E-state index contributed by atoms with van der Waals surface area (Å²) in [5.41, 5.74) is -0.853. The van der Waals surface area contributed by atoms with Crippen molar-refractivity contribution in [3.05, 3.63) is 11.6 Å². The zero-order valence-corrected chi connectivity index (χ0v) is 20.9. The molecule has 2 amide bonds. The Bertz CT molecular complexity index is 646. The number of carboxylic acids is 1. The van der Waals surface area contributed by atoms with E-state index < -0.39 is 22.8 Å². The van der Waals surface area contributed by atoms with E-state index in [1.54, 1.807) is 18.0 Å². The van der Waals surface area contributed by atoms with Gasteiger partial charge in [0.25, 0.3) is 0 Å². The van der Waals surface area contributed by atoms with Gasteiger partial charge in [0, 0.05) is 18.0 Å². The lowest BCUT2D eigenvalue weighted by Crippen LogP contribution is -2.58. The van der Waals surface area contributed by atoms with Crippen molar-refractivity contribution in [3.8, 4) is 0 Å². The number of carboxylic acid groups (broad SMARTS) is 1. The molecule has 0 saturated carbocycles. The fourth-order valence-corrected chi connectivity index (χ4v) is 3.68. The zero-order valence-electron chi connectivity index (χ0n) is 20.9. The van der Waals surface area contributed by atoms with Gasteiger partial charge in [0.1, 0.15) is 6.04 Å². The Labute approximate surface area is 183 Å². The minimum Gasteiger partial charge on any atom is -0.478 e. The van der Waals surface area contributed by atoms with Crippen molar-refractivity contribution in [3.63, 3.8) is 0 Å². The van der Waals surface area contributed by atoms with Gasteiger partial charge >= 0.3 is 5.97 Å².